The molecule has 0 bridgehead atoms. The van der Waals surface area contributed by atoms with Gasteiger partial charge in [-0.05, 0) is 53.5 Å². The first kappa shape index (κ1) is 20.0. The lowest BCUT2D eigenvalue weighted by Crippen LogP contribution is -2.42. The first-order valence-corrected chi connectivity index (χ1v) is 10.8. The van der Waals surface area contributed by atoms with Crippen LogP contribution < -0.4 is 5.32 Å². The fourth-order valence-corrected chi connectivity index (χ4v) is 4.69. The van der Waals surface area contributed by atoms with E-state index >= 15 is 0 Å². The van der Waals surface area contributed by atoms with Gasteiger partial charge in [0, 0.05) is 30.4 Å². The second kappa shape index (κ2) is 8.19. The number of benzene rings is 2. The summed E-state index contributed by atoms with van der Waals surface area (Å²) < 4.78 is 5.38. The first-order valence-electron chi connectivity index (χ1n) is 10.8. The lowest BCUT2D eigenvalue weighted by molar-refractivity contribution is 0.0303. The molecule has 1 fully saturated rings. The molecule has 154 valence electrons. The zero-order valence-electron chi connectivity index (χ0n) is 17.8. The van der Waals surface area contributed by atoms with E-state index in [0.29, 0.717) is 38.3 Å². The van der Waals surface area contributed by atoms with Gasteiger partial charge >= 0.3 is 0 Å². The molecule has 1 amide bonds. The number of hydrogen-bond donors (Lipinski definition) is 1. The van der Waals surface area contributed by atoms with E-state index in [1.807, 2.05) is 11.0 Å². The summed E-state index contributed by atoms with van der Waals surface area (Å²) in [5, 5.41) is 3.77. The number of morpholine rings is 1. The van der Waals surface area contributed by atoms with Gasteiger partial charge < -0.3 is 15.0 Å². The van der Waals surface area contributed by atoms with E-state index in [0.717, 1.165) is 18.4 Å². The quantitative estimate of drug-likeness (QED) is 0.833. The van der Waals surface area contributed by atoms with Gasteiger partial charge in [-0.2, -0.15) is 0 Å². The molecule has 0 aliphatic carbocycles. The molecule has 0 aromatic heterocycles. The third kappa shape index (κ3) is 4.32. The second-order valence-corrected chi connectivity index (χ2v) is 9.17. The van der Waals surface area contributed by atoms with Crippen molar-refractivity contribution in [3.8, 4) is 0 Å². The maximum atomic E-state index is 12.9. The fourth-order valence-electron chi connectivity index (χ4n) is 4.69. The lowest BCUT2D eigenvalue weighted by atomic mass is 9.72. The number of amides is 1. The van der Waals surface area contributed by atoms with Crippen molar-refractivity contribution in [1.29, 1.82) is 0 Å². The molecule has 2 heterocycles. The second-order valence-electron chi connectivity index (χ2n) is 9.17. The molecule has 2 atom stereocenters. The predicted molar refractivity (Wildman–Crippen MR) is 118 cm³/mol. The van der Waals surface area contributed by atoms with Gasteiger partial charge in [-0.15, -0.1) is 0 Å². The molecule has 4 nitrogen and oxygen atoms in total. The molecular weight excluding hydrogens is 360 g/mol. The Morgan fingerprint density at radius 2 is 1.90 bits per heavy atom. The minimum absolute atomic E-state index is 0.0253. The van der Waals surface area contributed by atoms with Crippen molar-refractivity contribution in [1.82, 2.24) is 4.90 Å². The largest absolute Gasteiger partial charge is 0.382 e. The number of hydrogen-bond acceptors (Lipinski definition) is 3. The third-order valence-electron chi connectivity index (χ3n) is 6.45. The summed E-state index contributed by atoms with van der Waals surface area (Å²) in [6, 6.07) is 17.3. The minimum Gasteiger partial charge on any atom is -0.382 e. The van der Waals surface area contributed by atoms with Crippen molar-refractivity contribution in [3.05, 3.63) is 65.2 Å². The van der Waals surface area contributed by atoms with Crippen LogP contribution >= 0.6 is 0 Å². The highest BCUT2D eigenvalue weighted by atomic mass is 16.5. The number of rotatable bonds is 4. The predicted octanol–water partition coefficient (Wildman–Crippen LogP) is 4.50. The topological polar surface area (TPSA) is 41.6 Å². The monoisotopic (exact) mass is 392 g/mol. The Hall–Kier alpha value is -2.33. The number of carbonyl (C=O) groups is 1. The maximum Gasteiger partial charge on any atom is 0.254 e. The van der Waals surface area contributed by atoms with Crippen LogP contribution in [0.1, 0.15) is 48.7 Å². The standard InChI is InChI=1S/C25H32N2O2/c1-18(15-19-7-5-4-6-8-19)23-17-25(2,3)21-16-20(9-10-22(21)26-23)24(28)27-11-13-29-14-12-27/h4-10,16,18,23,26H,11-15,17H2,1-3H3. The van der Waals surface area contributed by atoms with E-state index in [4.69, 9.17) is 4.74 Å². The summed E-state index contributed by atoms with van der Waals surface area (Å²) in [6.45, 7) is 9.56. The van der Waals surface area contributed by atoms with Crippen molar-refractivity contribution < 1.29 is 9.53 Å². The number of nitrogens with one attached hydrogen (secondary N) is 1. The number of carbonyl (C=O) groups excluding carboxylic acids is 1. The zero-order valence-corrected chi connectivity index (χ0v) is 17.8. The van der Waals surface area contributed by atoms with Crippen molar-refractivity contribution >= 4 is 11.6 Å². The van der Waals surface area contributed by atoms with Crippen LogP contribution in [0, 0.1) is 5.92 Å². The van der Waals surface area contributed by atoms with Crippen LogP contribution in [0.4, 0.5) is 5.69 Å². The summed E-state index contributed by atoms with van der Waals surface area (Å²) in [7, 11) is 0. The highest BCUT2D eigenvalue weighted by Crippen LogP contribution is 2.41. The Kier molecular flexibility index (Phi) is 5.64. The third-order valence-corrected chi connectivity index (χ3v) is 6.45. The van der Waals surface area contributed by atoms with Crippen LogP contribution in [0.15, 0.2) is 48.5 Å². The Bertz CT molecular complexity index is 856. The first-order chi connectivity index (χ1) is 13.9. The van der Waals surface area contributed by atoms with E-state index in [-0.39, 0.29) is 11.3 Å². The average Bonchev–Trinajstić information content (AvgIpc) is 2.74. The Morgan fingerprint density at radius 1 is 1.17 bits per heavy atom. The van der Waals surface area contributed by atoms with Gasteiger partial charge in [-0.3, -0.25) is 4.79 Å². The normalized spacial score (nSPS) is 21.8. The minimum atomic E-state index is 0.0253. The van der Waals surface area contributed by atoms with Gasteiger partial charge in [-0.25, -0.2) is 0 Å². The van der Waals surface area contributed by atoms with Gasteiger partial charge in [0.2, 0.25) is 0 Å². The Morgan fingerprint density at radius 3 is 2.62 bits per heavy atom. The smallest absolute Gasteiger partial charge is 0.254 e. The summed E-state index contributed by atoms with van der Waals surface area (Å²) in [5.74, 6) is 0.644. The van der Waals surface area contributed by atoms with Gasteiger partial charge in [-0.1, -0.05) is 51.1 Å². The van der Waals surface area contributed by atoms with E-state index in [2.05, 4.69) is 68.6 Å². The molecule has 4 rings (SSSR count). The summed E-state index contributed by atoms with van der Waals surface area (Å²) in [5.41, 5.74) is 4.62. The molecule has 0 saturated carbocycles. The average molecular weight is 393 g/mol. The lowest BCUT2D eigenvalue weighted by Gasteiger charge is -2.41. The fraction of sp³-hybridized carbons (Fsp3) is 0.480. The molecule has 2 aliphatic rings. The van der Waals surface area contributed by atoms with Crippen molar-refractivity contribution in [3.63, 3.8) is 0 Å². The van der Waals surface area contributed by atoms with Crippen LogP contribution in [-0.2, 0) is 16.6 Å². The van der Waals surface area contributed by atoms with Gasteiger partial charge in [0.25, 0.3) is 5.91 Å². The van der Waals surface area contributed by atoms with Crippen LogP contribution in [-0.4, -0.2) is 43.2 Å². The van der Waals surface area contributed by atoms with Gasteiger partial charge in [0.15, 0.2) is 0 Å². The molecule has 2 aromatic carbocycles. The molecule has 0 radical (unpaired) electrons. The molecule has 0 spiro atoms. The summed E-state index contributed by atoms with van der Waals surface area (Å²) in [4.78, 5) is 14.8. The molecule has 2 aliphatic heterocycles. The molecule has 1 N–H and O–H groups in total. The van der Waals surface area contributed by atoms with Crippen LogP contribution in [0.25, 0.3) is 0 Å². The van der Waals surface area contributed by atoms with Crippen LogP contribution in [0.2, 0.25) is 0 Å². The zero-order chi connectivity index (χ0) is 20.4. The molecule has 2 unspecified atom stereocenters. The van der Waals surface area contributed by atoms with Crippen LogP contribution in [0.3, 0.4) is 0 Å². The van der Waals surface area contributed by atoms with E-state index in [1.165, 1.54) is 16.8 Å². The summed E-state index contributed by atoms with van der Waals surface area (Å²) in [6.07, 6.45) is 2.13. The van der Waals surface area contributed by atoms with Crippen molar-refractivity contribution in [2.24, 2.45) is 5.92 Å². The van der Waals surface area contributed by atoms with Gasteiger partial charge in [0.05, 0.1) is 13.2 Å². The SMILES string of the molecule is CC(Cc1ccccc1)C1CC(C)(C)c2cc(C(=O)N3CCOCC3)ccc2N1. The van der Waals surface area contributed by atoms with E-state index in [9.17, 15) is 4.79 Å². The molecule has 29 heavy (non-hydrogen) atoms. The van der Waals surface area contributed by atoms with Crippen LogP contribution in [0.5, 0.6) is 0 Å². The number of nitrogens with zero attached hydrogens (tertiary/aromatic N) is 1. The summed E-state index contributed by atoms with van der Waals surface area (Å²) >= 11 is 0. The number of ether oxygens (including phenoxy) is 1. The molecular formula is C25H32N2O2. The van der Waals surface area contributed by atoms with Crippen molar-refractivity contribution in [2.75, 3.05) is 31.6 Å². The highest BCUT2D eigenvalue weighted by molar-refractivity contribution is 5.95. The number of anilines is 1. The van der Waals surface area contributed by atoms with Crippen molar-refractivity contribution in [2.45, 2.75) is 45.1 Å². The molecule has 2 aromatic rings. The Balaban J connectivity index is 1.52. The molecule has 1 saturated heterocycles. The molecule has 4 heteroatoms. The number of fused-ring (bicyclic) bond motifs is 1. The maximum absolute atomic E-state index is 12.9. The highest BCUT2D eigenvalue weighted by Gasteiger charge is 2.35. The Labute approximate surface area is 174 Å². The van der Waals surface area contributed by atoms with E-state index < -0.39 is 0 Å². The van der Waals surface area contributed by atoms with Gasteiger partial charge in [0.1, 0.15) is 0 Å². The van der Waals surface area contributed by atoms with E-state index in [1.54, 1.807) is 0 Å².